The van der Waals surface area contributed by atoms with E-state index < -0.39 is 11.8 Å². The van der Waals surface area contributed by atoms with Crippen LogP contribution in [0.15, 0.2) is 28.4 Å². The molecule has 136 valence electrons. The summed E-state index contributed by atoms with van der Waals surface area (Å²) in [5.74, 6) is -0.777. The van der Waals surface area contributed by atoms with E-state index in [0.717, 1.165) is 37.1 Å². The average molecular weight is 374 g/mol. The predicted molar refractivity (Wildman–Crippen MR) is 98.1 cm³/mol. The highest BCUT2D eigenvalue weighted by molar-refractivity contribution is 6.31. The Morgan fingerprint density at radius 3 is 2.65 bits per heavy atom. The molecule has 0 saturated heterocycles. The highest BCUT2D eigenvalue weighted by Crippen LogP contribution is 2.50. The first kappa shape index (κ1) is 17.3. The number of carbonyl (C=O) groups excluding carboxylic acids is 2. The predicted octanol–water partition coefficient (Wildman–Crippen LogP) is 3.97. The van der Waals surface area contributed by atoms with E-state index in [1.54, 1.807) is 6.07 Å². The van der Waals surface area contributed by atoms with Gasteiger partial charge in [-0.25, -0.2) is 0 Å². The maximum absolute atomic E-state index is 12.8. The summed E-state index contributed by atoms with van der Waals surface area (Å²) in [6.45, 7) is 0. The average Bonchev–Trinajstić information content (AvgIpc) is 2.62. The topological polar surface area (TPSA) is 76.0 Å². The molecule has 0 aromatic heterocycles. The standard InChI is InChI=1S/C20H20ClNO4/c1-26-16-9-10(21)8-11(20(16)25)17-18-12(4-2-6-14(18)23)22-13-5-3-7-15(24)19(13)17/h8-9,17-18,25H,2-7H2,1H3/t17-,18?/m0/s1. The van der Waals surface area contributed by atoms with Gasteiger partial charge in [0.1, 0.15) is 5.78 Å². The zero-order chi connectivity index (χ0) is 18.4. The molecule has 0 bridgehead atoms. The lowest BCUT2D eigenvalue weighted by Crippen LogP contribution is -2.39. The second-order valence-corrected chi connectivity index (χ2v) is 7.50. The van der Waals surface area contributed by atoms with Gasteiger partial charge in [0.25, 0.3) is 0 Å². The molecule has 0 radical (unpaired) electrons. The number of aromatic hydroxyl groups is 1. The van der Waals surface area contributed by atoms with E-state index in [1.165, 1.54) is 13.2 Å². The smallest absolute Gasteiger partial charge is 0.162 e. The molecule has 2 aliphatic carbocycles. The zero-order valence-electron chi connectivity index (χ0n) is 14.5. The Bertz CT molecular complexity index is 871. The lowest BCUT2D eigenvalue weighted by molar-refractivity contribution is -0.122. The molecule has 1 unspecified atom stereocenters. The van der Waals surface area contributed by atoms with Crippen LogP contribution in [0.1, 0.15) is 50.0 Å². The third-order valence-corrected chi connectivity index (χ3v) is 5.76. The van der Waals surface area contributed by atoms with E-state index in [2.05, 4.69) is 0 Å². The molecule has 1 N–H and O–H groups in total. The van der Waals surface area contributed by atoms with Crippen molar-refractivity contribution in [1.82, 2.24) is 0 Å². The molecule has 1 heterocycles. The minimum absolute atomic E-state index is 0.00997. The molecule has 1 saturated carbocycles. The fraction of sp³-hybridized carbons (Fsp3) is 0.450. The maximum Gasteiger partial charge on any atom is 0.162 e. The van der Waals surface area contributed by atoms with E-state index in [-0.39, 0.29) is 23.1 Å². The van der Waals surface area contributed by atoms with E-state index >= 15 is 0 Å². The number of phenols is 1. The second kappa shape index (κ2) is 6.54. The van der Waals surface area contributed by atoms with Crippen LogP contribution in [0, 0.1) is 5.92 Å². The van der Waals surface area contributed by atoms with Crippen molar-refractivity contribution in [2.24, 2.45) is 10.9 Å². The van der Waals surface area contributed by atoms with Gasteiger partial charge in [0.05, 0.1) is 13.0 Å². The summed E-state index contributed by atoms with van der Waals surface area (Å²) in [4.78, 5) is 30.2. The van der Waals surface area contributed by atoms with E-state index in [1.807, 2.05) is 0 Å². The molecule has 1 aliphatic heterocycles. The molecule has 2 atom stereocenters. The normalized spacial score (nSPS) is 25.5. The van der Waals surface area contributed by atoms with Crippen molar-refractivity contribution >= 4 is 28.9 Å². The first-order valence-electron chi connectivity index (χ1n) is 8.94. The zero-order valence-corrected chi connectivity index (χ0v) is 15.3. The van der Waals surface area contributed by atoms with Gasteiger partial charge in [-0.1, -0.05) is 11.6 Å². The molecule has 4 rings (SSSR count). The van der Waals surface area contributed by atoms with Crippen LogP contribution in [-0.2, 0) is 9.59 Å². The molecule has 1 fully saturated rings. The van der Waals surface area contributed by atoms with Crippen LogP contribution in [0.2, 0.25) is 5.02 Å². The number of phenolic OH excluding ortho intramolecular Hbond substituents is 1. The quantitative estimate of drug-likeness (QED) is 0.851. The number of fused-ring (bicyclic) bond motifs is 1. The SMILES string of the molecule is COc1cc(Cl)cc([C@@H]2C3=C(CCCC3=O)N=C3CCCC(=O)C32)c1O. The van der Waals surface area contributed by atoms with Crippen LogP contribution < -0.4 is 4.74 Å². The number of ketones is 2. The molecule has 6 heteroatoms. The van der Waals surface area contributed by atoms with Gasteiger partial charge in [-0.15, -0.1) is 0 Å². The van der Waals surface area contributed by atoms with Crippen molar-refractivity contribution in [3.8, 4) is 11.5 Å². The van der Waals surface area contributed by atoms with Crippen molar-refractivity contribution in [2.45, 2.75) is 44.4 Å². The summed E-state index contributed by atoms with van der Waals surface area (Å²) in [7, 11) is 1.45. The summed E-state index contributed by atoms with van der Waals surface area (Å²) < 4.78 is 5.23. The highest BCUT2D eigenvalue weighted by Gasteiger charge is 2.45. The number of aliphatic imine (C=N–C) groups is 1. The number of halogens is 1. The van der Waals surface area contributed by atoms with E-state index in [4.69, 9.17) is 21.3 Å². The monoisotopic (exact) mass is 373 g/mol. The summed E-state index contributed by atoms with van der Waals surface area (Å²) in [6, 6.07) is 3.17. The number of benzene rings is 1. The van der Waals surface area contributed by atoms with Crippen molar-refractivity contribution < 1.29 is 19.4 Å². The van der Waals surface area contributed by atoms with Gasteiger partial charge < -0.3 is 9.84 Å². The molecule has 3 aliphatic rings. The van der Waals surface area contributed by atoms with E-state index in [9.17, 15) is 14.7 Å². The number of rotatable bonds is 2. The molecule has 1 aromatic carbocycles. The first-order chi connectivity index (χ1) is 12.5. The summed E-state index contributed by atoms with van der Waals surface area (Å²) in [6.07, 6.45) is 3.93. The number of Topliss-reactive ketones (excluding diaryl/α,β-unsaturated/α-hetero) is 2. The van der Waals surface area contributed by atoms with Gasteiger partial charge in [-0.2, -0.15) is 0 Å². The number of carbonyl (C=O) groups is 2. The van der Waals surface area contributed by atoms with Gasteiger partial charge in [0.2, 0.25) is 0 Å². The molecule has 0 spiro atoms. The fourth-order valence-corrected chi connectivity index (χ4v) is 4.64. The Balaban J connectivity index is 1.96. The van der Waals surface area contributed by atoms with Crippen LogP contribution >= 0.6 is 11.6 Å². The minimum atomic E-state index is -0.536. The number of nitrogens with zero attached hydrogens (tertiary/aromatic N) is 1. The lowest BCUT2D eigenvalue weighted by Gasteiger charge is -2.38. The largest absolute Gasteiger partial charge is 0.504 e. The molecular weight excluding hydrogens is 354 g/mol. The third-order valence-electron chi connectivity index (χ3n) is 5.54. The second-order valence-electron chi connectivity index (χ2n) is 7.06. The van der Waals surface area contributed by atoms with Gasteiger partial charge in [-0.3, -0.25) is 14.6 Å². The number of ether oxygens (including phenoxy) is 1. The van der Waals surface area contributed by atoms with Crippen molar-refractivity contribution in [1.29, 1.82) is 0 Å². The van der Waals surface area contributed by atoms with Crippen LogP contribution in [0.5, 0.6) is 11.5 Å². The molecular formula is C20H20ClNO4. The molecule has 5 nitrogen and oxygen atoms in total. The number of hydrogen-bond acceptors (Lipinski definition) is 5. The van der Waals surface area contributed by atoms with Gasteiger partial charge in [-0.05, 0) is 31.7 Å². The van der Waals surface area contributed by atoms with Crippen LogP contribution in [-0.4, -0.2) is 29.5 Å². The minimum Gasteiger partial charge on any atom is -0.504 e. The Morgan fingerprint density at radius 1 is 1.12 bits per heavy atom. The van der Waals surface area contributed by atoms with Crippen molar-refractivity contribution in [2.75, 3.05) is 7.11 Å². The van der Waals surface area contributed by atoms with Crippen LogP contribution in [0.4, 0.5) is 0 Å². The molecule has 1 aromatic rings. The van der Waals surface area contributed by atoms with Gasteiger partial charge in [0.15, 0.2) is 17.3 Å². The molecule has 26 heavy (non-hydrogen) atoms. The van der Waals surface area contributed by atoms with Crippen molar-refractivity contribution in [3.63, 3.8) is 0 Å². The third kappa shape index (κ3) is 2.65. The number of allylic oxidation sites excluding steroid dienone is 2. The van der Waals surface area contributed by atoms with Gasteiger partial charge in [0, 0.05) is 52.4 Å². The summed E-state index contributed by atoms with van der Waals surface area (Å²) in [5, 5.41) is 11.1. The number of methoxy groups -OCH3 is 1. The number of hydrogen-bond donors (Lipinski definition) is 1. The Hall–Kier alpha value is -2.14. The summed E-state index contributed by atoms with van der Waals surface area (Å²) in [5.41, 5.74) is 2.65. The van der Waals surface area contributed by atoms with Gasteiger partial charge >= 0.3 is 0 Å². The van der Waals surface area contributed by atoms with Crippen LogP contribution in [0.25, 0.3) is 0 Å². The Kier molecular flexibility index (Phi) is 4.35. The maximum atomic E-state index is 12.8. The Morgan fingerprint density at radius 2 is 1.88 bits per heavy atom. The van der Waals surface area contributed by atoms with Crippen molar-refractivity contribution in [3.05, 3.63) is 34.0 Å². The van der Waals surface area contributed by atoms with E-state index in [0.29, 0.717) is 29.0 Å². The fourth-order valence-electron chi connectivity index (χ4n) is 4.42. The summed E-state index contributed by atoms with van der Waals surface area (Å²) >= 11 is 6.24. The lowest BCUT2D eigenvalue weighted by atomic mass is 9.67. The first-order valence-corrected chi connectivity index (χ1v) is 9.32. The Labute approximate surface area is 156 Å². The highest BCUT2D eigenvalue weighted by atomic mass is 35.5. The van der Waals surface area contributed by atoms with Crippen LogP contribution in [0.3, 0.4) is 0 Å². The molecule has 0 amide bonds.